The van der Waals surface area contributed by atoms with Crippen LogP contribution in [0.3, 0.4) is 0 Å². The highest BCUT2D eigenvalue weighted by molar-refractivity contribution is 7.12. The molecule has 32 heavy (non-hydrogen) atoms. The Morgan fingerprint density at radius 1 is 1.06 bits per heavy atom. The van der Waals surface area contributed by atoms with Crippen molar-refractivity contribution in [3.63, 3.8) is 0 Å². The average Bonchev–Trinajstić information content (AvgIpc) is 3.38. The first kappa shape index (κ1) is 21.9. The van der Waals surface area contributed by atoms with E-state index in [-0.39, 0.29) is 17.7 Å². The molecule has 1 atom stereocenters. The topological polar surface area (TPSA) is 65.6 Å². The van der Waals surface area contributed by atoms with Gasteiger partial charge in [-0.25, -0.2) is 0 Å². The molecule has 3 heterocycles. The second kappa shape index (κ2) is 9.91. The van der Waals surface area contributed by atoms with E-state index in [0.29, 0.717) is 0 Å². The zero-order chi connectivity index (χ0) is 21.8. The van der Waals surface area contributed by atoms with Crippen LogP contribution in [0.4, 0.5) is 11.4 Å². The number of nitrogens with zero attached hydrogens (tertiary/aromatic N) is 1. The number of amides is 1. The van der Waals surface area contributed by atoms with Crippen molar-refractivity contribution in [2.75, 3.05) is 36.9 Å². The molecule has 6 nitrogen and oxygen atoms in total. The summed E-state index contributed by atoms with van der Waals surface area (Å²) in [5, 5.41) is 13.0. The fraction of sp³-hybridized carbons (Fsp3) is 0.560. The monoisotopic (exact) mass is 454 g/mol. The normalized spacial score (nSPS) is 23.9. The molecule has 1 spiro atoms. The van der Waals surface area contributed by atoms with Gasteiger partial charge in [0, 0.05) is 30.0 Å². The number of ether oxygens (including phenoxy) is 1. The summed E-state index contributed by atoms with van der Waals surface area (Å²) in [6.45, 7) is 3.43. The van der Waals surface area contributed by atoms with Crippen molar-refractivity contribution in [2.24, 2.45) is 0 Å². The van der Waals surface area contributed by atoms with E-state index in [2.05, 4.69) is 33.0 Å². The van der Waals surface area contributed by atoms with Crippen molar-refractivity contribution >= 4 is 28.6 Å². The van der Waals surface area contributed by atoms with Crippen molar-refractivity contribution < 1.29 is 9.53 Å². The summed E-state index contributed by atoms with van der Waals surface area (Å²) < 4.78 is 5.64. The van der Waals surface area contributed by atoms with Gasteiger partial charge in [0.25, 0.3) is 5.91 Å². The lowest BCUT2D eigenvalue weighted by Gasteiger charge is -2.49. The fourth-order valence-electron chi connectivity index (χ4n) is 5.29. The van der Waals surface area contributed by atoms with Gasteiger partial charge in [0.15, 0.2) is 0 Å². The van der Waals surface area contributed by atoms with Crippen LogP contribution in [-0.2, 0) is 4.74 Å². The van der Waals surface area contributed by atoms with E-state index in [0.717, 1.165) is 55.4 Å². The summed E-state index contributed by atoms with van der Waals surface area (Å²) in [6, 6.07) is 10.1. The van der Waals surface area contributed by atoms with Crippen LogP contribution in [0.2, 0.25) is 0 Å². The van der Waals surface area contributed by atoms with Gasteiger partial charge < -0.3 is 15.4 Å². The third-order valence-electron chi connectivity index (χ3n) is 7.01. The van der Waals surface area contributed by atoms with Crippen molar-refractivity contribution in [3.05, 3.63) is 46.2 Å². The lowest BCUT2D eigenvalue weighted by molar-refractivity contribution is -0.00279. The molecule has 1 unspecified atom stereocenters. The van der Waals surface area contributed by atoms with E-state index in [1.807, 2.05) is 23.6 Å². The third-order valence-corrected chi connectivity index (χ3v) is 7.87. The highest BCUT2D eigenvalue weighted by Gasteiger charge is 2.40. The second-order valence-corrected chi connectivity index (χ2v) is 10.2. The average molecular weight is 455 g/mol. The summed E-state index contributed by atoms with van der Waals surface area (Å²) in [5.74, 6) is -0.0456. The summed E-state index contributed by atoms with van der Waals surface area (Å²) in [6.07, 6.45) is 10.2. The van der Waals surface area contributed by atoms with Crippen molar-refractivity contribution in [3.8, 4) is 0 Å². The van der Waals surface area contributed by atoms with Crippen molar-refractivity contribution in [1.29, 1.82) is 0 Å². The first-order valence-corrected chi connectivity index (χ1v) is 13.0. The highest BCUT2D eigenvalue weighted by Crippen LogP contribution is 2.40. The quantitative estimate of drug-likeness (QED) is 0.597. The number of thiophene rings is 1. The van der Waals surface area contributed by atoms with Gasteiger partial charge in [-0.05, 0) is 49.3 Å². The van der Waals surface area contributed by atoms with Gasteiger partial charge in [0.05, 0.1) is 29.9 Å². The predicted molar refractivity (Wildman–Crippen MR) is 130 cm³/mol. The van der Waals surface area contributed by atoms with Crippen molar-refractivity contribution in [1.82, 2.24) is 10.2 Å². The van der Waals surface area contributed by atoms with E-state index >= 15 is 0 Å². The maximum atomic E-state index is 12.6. The minimum Gasteiger partial charge on any atom is -0.379 e. The Kier molecular flexibility index (Phi) is 6.78. The van der Waals surface area contributed by atoms with Gasteiger partial charge in [0.2, 0.25) is 0 Å². The van der Waals surface area contributed by atoms with Gasteiger partial charge in [-0.15, -0.1) is 11.3 Å². The Labute approximate surface area is 194 Å². The van der Waals surface area contributed by atoms with Crippen LogP contribution in [-0.4, -0.2) is 42.8 Å². The van der Waals surface area contributed by atoms with E-state index in [9.17, 15) is 4.79 Å². The molecule has 2 aliphatic heterocycles. The number of hydrogen-bond acceptors (Lipinski definition) is 6. The van der Waals surface area contributed by atoms with E-state index in [4.69, 9.17) is 4.74 Å². The Hall–Kier alpha value is -1.93. The minimum atomic E-state index is -0.101. The number of morpholine rings is 1. The molecule has 1 saturated carbocycles. The van der Waals surface area contributed by atoms with Gasteiger partial charge in [-0.2, -0.15) is 0 Å². The molecule has 0 bridgehead atoms. The van der Waals surface area contributed by atoms with Crippen molar-refractivity contribution in [2.45, 2.75) is 63.2 Å². The molecule has 5 rings (SSSR count). The Morgan fingerprint density at radius 2 is 1.81 bits per heavy atom. The second-order valence-electron chi connectivity index (χ2n) is 9.26. The smallest absolute Gasteiger partial charge is 0.265 e. The van der Waals surface area contributed by atoms with Crippen LogP contribution >= 0.6 is 11.3 Å². The zero-order valence-corrected chi connectivity index (χ0v) is 19.5. The van der Waals surface area contributed by atoms with E-state index < -0.39 is 0 Å². The predicted octanol–water partition coefficient (Wildman–Crippen LogP) is 5.18. The summed E-state index contributed by atoms with van der Waals surface area (Å²) in [5.41, 5.74) is 3.14. The molecule has 1 amide bonds. The first-order chi connectivity index (χ1) is 15.7. The van der Waals surface area contributed by atoms with Gasteiger partial charge in [-0.3, -0.25) is 15.0 Å². The number of hydrogen-bond donors (Lipinski definition) is 3. The number of nitrogens with one attached hydrogen (secondary N) is 3. The SMILES string of the molecule is O=C(Nc1ccc2c(c1)NC1(CCCCCCCC1)NC2N1CCOCC1)c1cccs1. The van der Waals surface area contributed by atoms with Gasteiger partial charge >= 0.3 is 0 Å². The molecular formula is C25H34N4O2S. The third kappa shape index (κ3) is 4.86. The maximum Gasteiger partial charge on any atom is 0.265 e. The molecule has 2 fully saturated rings. The molecule has 172 valence electrons. The summed E-state index contributed by atoms with van der Waals surface area (Å²) in [4.78, 5) is 15.9. The summed E-state index contributed by atoms with van der Waals surface area (Å²) in [7, 11) is 0. The molecule has 3 N–H and O–H groups in total. The molecule has 0 radical (unpaired) electrons. The Bertz CT molecular complexity index is 901. The molecule has 3 aliphatic rings. The molecule has 2 aromatic rings. The molecule has 1 saturated heterocycles. The number of anilines is 2. The number of carbonyl (C=O) groups excluding carboxylic acids is 1. The molecular weight excluding hydrogens is 420 g/mol. The zero-order valence-electron chi connectivity index (χ0n) is 18.7. The largest absolute Gasteiger partial charge is 0.379 e. The summed E-state index contributed by atoms with van der Waals surface area (Å²) >= 11 is 1.47. The Morgan fingerprint density at radius 3 is 2.53 bits per heavy atom. The Balaban J connectivity index is 1.44. The number of rotatable bonds is 3. The van der Waals surface area contributed by atoms with E-state index in [1.54, 1.807) is 0 Å². The number of carbonyl (C=O) groups is 1. The van der Waals surface area contributed by atoms with Crippen LogP contribution in [0.1, 0.15) is 72.8 Å². The highest BCUT2D eigenvalue weighted by atomic mass is 32.1. The molecule has 1 aromatic carbocycles. The molecule has 7 heteroatoms. The lowest BCUT2D eigenvalue weighted by Crippen LogP contribution is -2.60. The molecule has 1 aliphatic carbocycles. The number of benzene rings is 1. The first-order valence-electron chi connectivity index (χ1n) is 12.1. The van der Waals surface area contributed by atoms with E-state index in [1.165, 1.54) is 55.4 Å². The van der Waals surface area contributed by atoms with Crippen LogP contribution in [0.25, 0.3) is 0 Å². The van der Waals surface area contributed by atoms with Gasteiger partial charge in [0.1, 0.15) is 0 Å². The lowest BCUT2D eigenvalue weighted by atomic mass is 9.91. The van der Waals surface area contributed by atoms with Crippen LogP contribution in [0.15, 0.2) is 35.7 Å². The van der Waals surface area contributed by atoms with Gasteiger partial charge in [-0.1, -0.05) is 37.8 Å². The maximum absolute atomic E-state index is 12.6. The number of fused-ring (bicyclic) bond motifs is 1. The van der Waals surface area contributed by atoms with Crippen LogP contribution in [0, 0.1) is 0 Å². The van der Waals surface area contributed by atoms with Crippen LogP contribution in [0.5, 0.6) is 0 Å². The van der Waals surface area contributed by atoms with Crippen LogP contribution < -0.4 is 16.0 Å². The standard InChI is InChI=1S/C25H34N4O2S/c30-24(22-8-7-17-32-22)26-19-9-10-20-21(18-19)27-25(11-5-3-1-2-4-6-12-25)28-23(20)29-13-15-31-16-14-29/h7-10,17-18,23,27-28H,1-6,11-16H2,(H,26,30). The minimum absolute atomic E-state index is 0.0456. The fourth-order valence-corrected chi connectivity index (χ4v) is 5.91. The molecule has 1 aromatic heterocycles.